The Morgan fingerprint density at radius 2 is 2.29 bits per heavy atom. The summed E-state index contributed by atoms with van der Waals surface area (Å²) in [5.74, 6) is -0.0591. The third-order valence-electron chi connectivity index (χ3n) is 3.00. The molecule has 1 aliphatic heterocycles. The first-order chi connectivity index (χ1) is 8.11. The minimum atomic E-state index is -0.487. The van der Waals surface area contributed by atoms with Crippen LogP contribution in [-0.4, -0.2) is 36.2 Å². The minimum Gasteiger partial charge on any atom is -0.394 e. The summed E-state index contributed by atoms with van der Waals surface area (Å²) in [7, 11) is 0. The number of carbonyl (C=O) groups is 1. The molecule has 1 fully saturated rings. The van der Waals surface area contributed by atoms with Gasteiger partial charge < -0.3 is 10.0 Å². The van der Waals surface area contributed by atoms with Crippen LogP contribution < -0.4 is 10.2 Å². The summed E-state index contributed by atoms with van der Waals surface area (Å²) in [5, 5.41) is 12.3. The van der Waals surface area contributed by atoms with E-state index in [1.807, 2.05) is 38.1 Å². The average Bonchev–Trinajstić information content (AvgIpc) is 2.31. The Hall–Kier alpha value is -1.39. The van der Waals surface area contributed by atoms with Gasteiger partial charge in [0.1, 0.15) is 6.04 Å². The predicted octanol–water partition coefficient (Wildman–Crippen LogP) is 0.681. The lowest BCUT2D eigenvalue weighted by molar-refractivity contribution is -0.123. The largest absolute Gasteiger partial charge is 0.394 e. The third kappa shape index (κ3) is 2.48. The highest BCUT2D eigenvalue weighted by atomic mass is 16.3. The fraction of sp³-hybridized carbons (Fsp3) is 0.462. The van der Waals surface area contributed by atoms with Crippen LogP contribution in [0.5, 0.6) is 0 Å². The molecular weight excluding hydrogens is 216 g/mol. The molecule has 0 spiro atoms. The Balaban J connectivity index is 2.27. The SMILES string of the molecule is Cc1cccc(N2CC(C)NC(CO)C2=O)c1. The molecule has 2 rings (SSSR count). The summed E-state index contributed by atoms with van der Waals surface area (Å²) in [6.07, 6.45) is 0. The molecule has 0 bridgehead atoms. The highest BCUT2D eigenvalue weighted by molar-refractivity contribution is 5.98. The molecule has 1 amide bonds. The zero-order valence-corrected chi connectivity index (χ0v) is 10.2. The molecule has 2 atom stereocenters. The number of benzene rings is 1. The van der Waals surface area contributed by atoms with Gasteiger partial charge >= 0.3 is 0 Å². The van der Waals surface area contributed by atoms with Gasteiger partial charge in [0.25, 0.3) is 0 Å². The third-order valence-corrected chi connectivity index (χ3v) is 3.00. The van der Waals surface area contributed by atoms with Gasteiger partial charge in [0.05, 0.1) is 6.61 Å². The molecule has 0 aromatic heterocycles. The summed E-state index contributed by atoms with van der Waals surface area (Å²) in [5.41, 5.74) is 2.03. The average molecular weight is 234 g/mol. The van der Waals surface area contributed by atoms with E-state index in [0.29, 0.717) is 6.54 Å². The van der Waals surface area contributed by atoms with Gasteiger partial charge in [0, 0.05) is 18.3 Å². The van der Waals surface area contributed by atoms with E-state index in [4.69, 9.17) is 0 Å². The number of hydrogen-bond acceptors (Lipinski definition) is 3. The molecule has 1 aromatic rings. The zero-order valence-electron chi connectivity index (χ0n) is 10.2. The van der Waals surface area contributed by atoms with E-state index in [2.05, 4.69) is 5.32 Å². The maximum absolute atomic E-state index is 12.1. The monoisotopic (exact) mass is 234 g/mol. The number of amides is 1. The number of nitrogens with zero attached hydrogens (tertiary/aromatic N) is 1. The number of aliphatic hydroxyl groups is 1. The highest BCUT2D eigenvalue weighted by Crippen LogP contribution is 2.19. The summed E-state index contributed by atoms with van der Waals surface area (Å²) in [4.78, 5) is 13.9. The van der Waals surface area contributed by atoms with Crippen LogP contribution in [0, 0.1) is 6.92 Å². The standard InChI is InChI=1S/C13H18N2O2/c1-9-4-3-5-11(6-9)15-7-10(2)14-12(8-16)13(15)17/h3-6,10,12,14,16H,7-8H2,1-2H3. The number of anilines is 1. The topological polar surface area (TPSA) is 52.6 Å². The lowest BCUT2D eigenvalue weighted by Crippen LogP contribution is -2.60. The van der Waals surface area contributed by atoms with E-state index in [-0.39, 0.29) is 18.6 Å². The van der Waals surface area contributed by atoms with Gasteiger partial charge in [-0.15, -0.1) is 0 Å². The summed E-state index contributed by atoms with van der Waals surface area (Å²) < 4.78 is 0. The fourth-order valence-corrected chi connectivity index (χ4v) is 2.18. The van der Waals surface area contributed by atoms with Gasteiger partial charge in [0.2, 0.25) is 5.91 Å². The number of aryl methyl sites for hydroxylation is 1. The second kappa shape index (κ2) is 4.85. The summed E-state index contributed by atoms with van der Waals surface area (Å²) in [6.45, 7) is 4.49. The molecule has 0 radical (unpaired) electrons. The Kier molecular flexibility index (Phi) is 3.45. The van der Waals surface area contributed by atoms with Crippen molar-refractivity contribution in [1.82, 2.24) is 5.32 Å². The second-order valence-corrected chi connectivity index (χ2v) is 4.59. The summed E-state index contributed by atoms with van der Waals surface area (Å²) >= 11 is 0. The molecular formula is C13H18N2O2. The molecule has 92 valence electrons. The number of rotatable bonds is 2. The number of carbonyl (C=O) groups excluding carboxylic acids is 1. The quantitative estimate of drug-likeness (QED) is 0.791. The molecule has 4 heteroatoms. The molecule has 1 heterocycles. The van der Waals surface area contributed by atoms with Crippen LogP contribution in [0.3, 0.4) is 0 Å². The first-order valence-electron chi connectivity index (χ1n) is 5.87. The van der Waals surface area contributed by atoms with Gasteiger partial charge in [0.15, 0.2) is 0 Å². The van der Waals surface area contributed by atoms with Crippen molar-refractivity contribution in [2.75, 3.05) is 18.1 Å². The Morgan fingerprint density at radius 1 is 1.53 bits per heavy atom. The lowest BCUT2D eigenvalue weighted by atomic mass is 10.1. The molecule has 1 aromatic carbocycles. The van der Waals surface area contributed by atoms with Crippen molar-refractivity contribution < 1.29 is 9.90 Å². The van der Waals surface area contributed by atoms with Gasteiger partial charge in [-0.25, -0.2) is 0 Å². The predicted molar refractivity (Wildman–Crippen MR) is 67.0 cm³/mol. The van der Waals surface area contributed by atoms with Crippen LogP contribution in [0.25, 0.3) is 0 Å². The van der Waals surface area contributed by atoms with Crippen molar-refractivity contribution >= 4 is 11.6 Å². The molecule has 1 aliphatic rings. The van der Waals surface area contributed by atoms with Gasteiger partial charge in [-0.2, -0.15) is 0 Å². The van der Waals surface area contributed by atoms with Crippen LogP contribution >= 0.6 is 0 Å². The van der Waals surface area contributed by atoms with E-state index in [1.165, 1.54) is 0 Å². The van der Waals surface area contributed by atoms with Crippen molar-refractivity contribution in [3.8, 4) is 0 Å². The second-order valence-electron chi connectivity index (χ2n) is 4.59. The molecule has 1 saturated heterocycles. The number of hydrogen-bond donors (Lipinski definition) is 2. The number of piperazine rings is 1. The van der Waals surface area contributed by atoms with Crippen molar-refractivity contribution in [3.05, 3.63) is 29.8 Å². The van der Waals surface area contributed by atoms with Gasteiger partial charge in [-0.05, 0) is 31.5 Å². The molecule has 2 unspecified atom stereocenters. The maximum atomic E-state index is 12.1. The molecule has 17 heavy (non-hydrogen) atoms. The van der Waals surface area contributed by atoms with Crippen molar-refractivity contribution in [2.45, 2.75) is 25.9 Å². The van der Waals surface area contributed by atoms with Gasteiger partial charge in [-0.3, -0.25) is 10.1 Å². The van der Waals surface area contributed by atoms with Crippen LogP contribution in [0.1, 0.15) is 12.5 Å². The van der Waals surface area contributed by atoms with Crippen LogP contribution in [0.2, 0.25) is 0 Å². The zero-order chi connectivity index (χ0) is 12.4. The Morgan fingerprint density at radius 3 is 2.94 bits per heavy atom. The number of aliphatic hydroxyl groups excluding tert-OH is 1. The normalized spacial score (nSPS) is 25.1. The number of nitrogens with one attached hydrogen (secondary N) is 1. The van der Waals surface area contributed by atoms with Crippen molar-refractivity contribution in [3.63, 3.8) is 0 Å². The maximum Gasteiger partial charge on any atom is 0.246 e. The fourth-order valence-electron chi connectivity index (χ4n) is 2.18. The Bertz CT molecular complexity index is 420. The van der Waals surface area contributed by atoms with Crippen LogP contribution in [-0.2, 0) is 4.79 Å². The van der Waals surface area contributed by atoms with E-state index >= 15 is 0 Å². The van der Waals surface area contributed by atoms with E-state index < -0.39 is 6.04 Å². The molecule has 0 saturated carbocycles. The molecule has 4 nitrogen and oxygen atoms in total. The van der Waals surface area contributed by atoms with E-state index in [9.17, 15) is 9.90 Å². The smallest absolute Gasteiger partial charge is 0.246 e. The first-order valence-corrected chi connectivity index (χ1v) is 5.87. The molecule has 2 N–H and O–H groups in total. The highest BCUT2D eigenvalue weighted by Gasteiger charge is 2.32. The van der Waals surface area contributed by atoms with E-state index in [1.54, 1.807) is 4.90 Å². The van der Waals surface area contributed by atoms with E-state index in [0.717, 1.165) is 11.3 Å². The Labute approximate surface area is 101 Å². The van der Waals surface area contributed by atoms with Crippen molar-refractivity contribution in [2.24, 2.45) is 0 Å². The van der Waals surface area contributed by atoms with Crippen LogP contribution in [0.4, 0.5) is 5.69 Å². The first kappa shape index (κ1) is 12.1. The van der Waals surface area contributed by atoms with Gasteiger partial charge in [-0.1, -0.05) is 12.1 Å². The van der Waals surface area contributed by atoms with Crippen LogP contribution in [0.15, 0.2) is 24.3 Å². The van der Waals surface area contributed by atoms with Crippen molar-refractivity contribution in [1.29, 1.82) is 0 Å². The lowest BCUT2D eigenvalue weighted by Gasteiger charge is -2.36. The minimum absolute atomic E-state index is 0.0591. The summed E-state index contributed by atoms with van der Waals surface area (Å²) in [6, 6.07) is 7.56. The molecule has 0 aliphatic carbocycles.